The summed E-state index contributed by atoms with van der Waals surface area (Å²) < 4.78 is 10.6. The van der Waals surface area contributed by atoms with Gasteiger partial charge in [0.15, 0.2) is 0 Å². The van der Waals surface area contributed by atoms with Gasteiger partial charge < -0.3 is 14.8 Å². The molecule has 1 rings (SSSR count). The lowest BCUT2D eigenvalue weighted by atomic mass is 10.2. The number of rotatable bonds is 9. The van der Waals surface area contributed by atoms with Crippen molar-refractivity contribution in [1.29, 1.82) is 0 Å². The summed E-state index contributed by atoms with van der Waals surface area (Å²) in [5.74, 6) is 1.94. The van der Waals surface area contributed by atoms with E-state index in [1.54, 1.807) is 0 Å². The lowest BCUT2D eigenvalue weighted by Gasteiger charge is -2.19. The van der Waals surface area contributed by atoms with Crippen molar-refractivity contribution >= 4 is 17.7 Å². The molecule has 0 bridgehead atoms. The van der Waals surface area contributed by atoms with Crippen molar-refractivity contribution in [2.75, 3.05) is 31.3 Å². The average Bonchev–Trinajstić information content (AvgIpc) is 2.87. The second-order valence-corrected chi connectivity index (χ2v) is 5.73. The third kappa shape index (κ3) is 6.07. The van der Waals surface area contributed by atoms with E-state index < -0.39 is 0 Å². The minimum atomic E-state index is -0.187. The number of hydrogen-bond acceptors (Lipinski definition) is 5. The maximum Gasteiger partial charge on any atom is 0.323 e. The summed E-state index contributed by atoms with van der Waals surface area (Å²) in [6.45, 7) is 6.01. The van der Waals surface area contributed by atoms with E-state index in [9.17, 15) is 4.79 Å². The van der Waals surface area contributed by atoms with Gasteiger partial charge in [0.1, 0.15) is 6.04 Å². The summed E-state index contributed by atoms with van der Waals surface area (Å²) in [4.78, 5) is 11.8. The van der Waals surface area contributed by atoms with Gasteiger partial charge in [-0.3, -0.25) is 4.79 Å². The van der Waals surface area contributed by atoms with Crippen molar-refractivity contribution < 1.29 is 14.3 Å². The van der Waals surface area contributed by atoms with E-state index in [0.717, 1.165) is 43.9 Å². The normalized spacial score (nSPS) is 20.9. The quantitative estimate of drug-likeness (QED) is 0.514. The molecular formula is C13H25NO3S. The zero-order chi connectivity index (χ0) is 13.2. The van der Waals surface area contributed by atoms with Crippen LogP contribution in [-0.2, 0) is 14.3 Å². The smallest absolute Gasteiger partial charge is 0.323 e. The number of carbonyl (C=O) groups is 1. The van der Waals surface area contributed by atoms with Gasteiger partial charge in [0.05, 0.1) is 12.7 Å². The number of carbonyl (C=O) groups excluding carboxylic acids is 1. The van der Waals surface area contributed by atoms with Gasteiger partial charge in [-0.2, -0.15) is 11.8 Å². The molecule has 0 aromatic heterocycles. The lowest BCUT2D eigenvalue weighted by Crippen LogP contribution is -2.42. The van der Waals surface area contributed by atoms with E-state index in [-0.39, 0.29) is 18.1 Å². The number of ether oxygens (including phenoxy) is 2. The second-order valence-electron chi connectivity index (χ2n) is 4.33. The topological polar surface area (TPSA) is 47.6 Å². The molecular weight excluding hydrogens is 250 g/mol. The zero-order valence-electron chi connectivity index (χ0n) is 11.4. The standard InChI is InChI=1S/C13H25NO3S/c1-3-16-13(15)12(7-9-18-4-2)14-10-11-6-5-8-17-11/h11-12,14H,3-10H2,1-2H3. The molecule has 1 heterocycles. The SMILES string of the molecule is CCOC(=O)C(CCSCC)NCC1CCCO1. The minimum absolute atomic E-state index is 0.132. The Balaban J connectivity index is 2.29. The van der Waals surface area contributed by atoms with E-state index >= 15 is 0 Å². The van der Waals surface area contributed by atoms with Crippen molar-refractivity contribution in [3.05, 3.63) is 0 Å². The van der Waals surface area contributed by atoms with Gasteiger partial charge in [-0.25, -0.2) is 0 Å². The predicted molar refractivity (Wildman–Crippen MR) is 75.0 cm³/mol. The molecule has 2 atom stereocenters. The zero-order valence-corrected chi connectivity index (χ0v) is 12.3. The van der Waals surface area contributed by atoms with Gasteiger partial charge in [-0.1, -0.05) is 6.92 Å². The van der Waals surface area contributed by atoms with Crippen molar-refractivity contribution in [2.45, 2.75) is 45.3 Å². The molecule has 106 valence electrons. The summed E-state index contributed by atoms with van der Waals surface area (Å²) in [7, 11) is 0. The highest BCUT2D eigenvalue weighted by molar-refractivity contribution is 7.99. The summed E-state index contributed by atoms with van der Waals surface area (Å²) in [5.41, 5.74) is 0. The fraction of sp³-hybridized carbons (Fsp3) is 0.923. The van der Waals surface area contributed by atoms with Crippen molar-refractivity contribution in [2.24, 2.45) is 0 Å². The maximum atomic E-state index is 11.8. The van der Waals surface area contributed by atoms with Crippen LogP contribution in [0.4, 0.5) is 0 Å². The van der Waals surface area contributed by atoms with Crippen molar-refractivity contribution in [3.63, 3.8) is 0 Å². The van der Waals surface area contributed by atoms with Crippen LogP contribution in [0.1, 0.15) is 33.1 Å². The molecule has 0 amide bonds. The van der Waals surface area contributed by atoms with E-state index in [1.165, 1.54) is 0 Å². The summed E-state index contributed by atoms with van der Waals surface area (Å²) in [5, 5.41) is 3.29. The van der Waals surface area contributed by atoms with Crippen LogP contribution in [-0.4, -0.2) is 49.4 Å². The molecule has 0 saturated carbocycles. The first-order chi connectivity index (χ1) is 8.77. The van der Waals surface area contributed by atoms with E-state index in [1.807, 2.05) is 18.7 Å². The fourth-order valence-corrected chi connectivity index (χ4v) is 2.66. The third-order valence-corrected chi connectivity index (χ3v) is 3.87. The predicted octanol–water partition coefficient (Wildman–Crippen LogP) is 1.83. The van der Waals surface area contributed by atoms with Crippen LogP contribution in [0.2, 0.25) is 0 Å². The van der Waals surface area contributed by atoms with Gasteiger partial charge in [0.25, 0.3) is 0 Å². The Morgan fingerprint density at radius 2 is 2.39 bits per heavy atom. The molecule has 1 N–H and O–H groups in total. The van der Waals surface area contributed by atoms with Crippen LogP contribution in [0.25, 0.3) is 0 Å². The lowest BCUT2D eigenvalue weighted by molar-refractivity contribution is -0.145. The molecule has 18 heavy (non-hydrogen) atoms. The van der Waals surface area contributed by atoms with Crippen LogP contribution >= 0.6 is 11.8 Å². The Kier molecular flexibility index (Phi) is 8.46. The molecule has 1 saturated heterocycles. The van der Waals surface area contributed by atoms with Crippen LogP contribution in [0.15, 0.2) is 0 Å². The molecule has 2 unspecified atom stereocenters. The Morgan fingerprint density at radius 3 is 3.00 bits per heavy atom. The van der Waals surface area contributed by atoms with Gasteiger partial charge in [-0.05, 0) is 37.7 Å². The van der Waals surface area contributed by atoms with Crippen LogP contribution in [0, 0.1) is 0 Å². The van der Waals surface area contributed by atoms with Gasteiger partial charge in [0.2, 0.25) is 0 Å². The Hall–Kier alpha value is -0.260. The Bertz CT molecular complexity index is 232. The van der Waals surface area contributed by atoms with Gasteiger partial charge in [0, 0.05) is 13.2 Å². The summed E-state index contributed by atoms with van der Waals surface area (Å²) in [6.07, 6.45) is 3.30. The Morgan fingerprint density at radius 1 is 1.56 bits per heavy atom. The maximum absolute atomic E-state index is 11.8. The highest BCUT2D eigenvalue weighted by Crippen LogP contribution is 2.12. The summed E-state index contributed by atoms with van der Waals surface area (Å²) in [6, 6.07) is -0.187. The highest BCUT2D eigenvalue weighted by Gasteiger charge is 2.22. The molecule has 0 radical (unpaired) electrons. The van der Waals surface area contributed by atoms with E-state index in [0.29, 0.717) is 6.61 Å². The molecule has 0 aromatic rings. The second kappa shape index (κ2) is 9.64. The fourth-order valence-electron chi connectivity index (χ4n) is 1.97. The first-order valence-corrected chi connectivity index (χ1v) is 8.02. The molecule has 4 nitrogen and oxygen atoms in total. The van der Waals surface area contributed by atoms with E-state index in [4.69, 9.17) is 9.47 Å². The molecule has 0 aromatic carbocycles. The van der Waals surface area contributed by atoms with Gasteiger partial charge >= 0.3 is 5.97 Å². The molecule has 0 aliphatic carbocycles. The van der Waals surface area contributed by atoms with Crippen LogP contribution in [0.5, 0.6) is 0 Å². The summed E-state index contributed by atoms with van der Waals surface area (Å²) >= 11 is 1.85. The molecule has 0 spiro atoms. The number of nitrogens with one attached hydrogen (secondary N) is 1. The minimum Gasteiger partial charge on any atom is -0.465 e. The average molecular weight is 275 g/mol. The van der Waals surface area contributed by atoms with Gasteiger partial charge in [-0.15, -0.1) is 0 Å². The monoisotopic (exact) mass is 275 g/mol. The molecule has 1 aliphatic rings. The number of hydrogen-bond donors (Lipinski definition) is 1. The van der Waals surface area contributed by atoms with Crippen LogP contribution < -0.4 is 5.32 Å². The van der Waals surface area contributed by atoms with Crippen molar-refractivity contribution in [1.82, 2.24) is 5.32 Å². The first kappa shape index (κ1) is 15.8. The third-order valence-electron chi connectivity index (χ3n) is 2.94. The van der Waals surface area contributed by atoms with E-state index in [2.05, 4.69) is 12.2 Å². The highest BCUT2D eigenvalue weighted by atomic mass is 32.2. The van der Waals surface area contributed by atoms with Crippen LogP contribution in [0.3, 0.4) is 0 Å². The molecule has 1 fully saturated rings. The molecule has 5 heteroatoms. The van der Waals surface area contributed by atoms with Crippen molar-refractivity contribution in [3.8, 4) is 0 Å². The largest absolute Gasteiger partial charge is 0.465 e. The Labute approximate surface area is 114 Å². The first-order valence-electron chi connectivity index (χ1n) is 6.87. The number of thioether (sulfide) groups is 1. The molecule has 1 aliphatic heterocycles. The number of esters is 1.